The van der Waals surface area contributed by atoms with Gasteiger partial charge in [-0.05, 0) is 50.5 Å². The summed E-state index contributed by atoms with van der Waals surface area (Å²) in [5, 5.41) is 1.99. The largest absolute Gasteiger partial charge is 0.456 e. The van der Waals surface area contributed by atoms with Gasteiger partial charge in [-0.15, -0.1) is 11.3 Å². The van der Waals surface area contributed by atoms with E-state index in [9.17, 15) is 4.79 Å². The van der Waals surface area contributed by atoms with Gasteiger partial charge in [0.25, 0.3) is 0 Å². The quantitative estimate of drug-likeness (QED) is 0.806. The number of rotatable bonds is 2. The van der Waals surface area contributed by atoms with Gasteiger partial charge in [-0.25, -0.2) is 4.79 Å². The summed E-state index contributed by atoms with van der Waals surface area (Å²) in [7, 11) is 0. The van der Waals surface area contributed by atoms with Gasteiger partial charge in [0.2, 0.25) is 0 Å². The molecule has 16 heavy (non-hydrogen) atoms. The van der Waals surface area contributed by atoms with Crippen LogP contribution in [0.3, 0.4) is 0 Å². The molecule has 88 valence electrons. The van der Waals surface area contributed by atoms with Crippen molar-refractivity contribution in [3.63, 3.8) is 0 Å². The van der Waals surface area contributed by atoms with E-state index in [1.807, 2.05) is 26.2 Å². The molecule has 0 amide bonds. The van der Waals surface area contributed by atoms with Crippen molar-refractivity contribution in [3.05, 3.63) is 15.8 Å². The first-order chi connectivity index (χ1) is 7.38. The lowest BCUT2D eigenvalue weighted by molar-refractivity contribution is 0.00764. The number of thiophene rings is 1. The summed E-state index contributed by atoms with van der Waals surface area (Å²) < 4.78 is 5.31. The molecule has 1 fully saturated rings. The number of ether oxygens (including phenoxy) is 1. The van der Waals surface area contributed by atoms with Gasteiger partial charge in [0, 0.05) is 0 Å². The third-order valence-electron chi connectivity index (χ3n) is 2.46. The molecule has 0 bridgehead atoms. The van der Waals surface area contributed by atoms with Crippen molar-refractivity contribution in [1.82, 2.24) is 0 Å². The Hall–Kier alpha value is -1.03. The highest BCUT2D eigenvalue weighted by Gasteiger charge is 2.30. The minimum atomic E-state index is -0.465. The fourth-order valence-corrected chi connectivity index (χ4v) is 2.52. The molecule has 1 saturated carbocycles. The number of carbonyl (C=O) groups is 1. The second-order valence-electron chi connectivity index (χ2n) is 5.21. The third kappa shape index (κ3) is 2.38. The zero-order valence-electron chi connectivity index (χ0n) is 9.87. The van der Waals surface area contributed by atoms with Gasteiger partial charge in [-0.3, -0.25) is 0 Å². The van der Waals surface area contributed by atoms with Crippen LogP contribution in [0, 0.1) is 0 Å². The lowest BCUT2D eigenvalue weighted by Crippen LogP contribution is -2.23. The van der Waals surface area contributed by atoms with Crippen LogP contribution in [0.2, 0.25) is 0 Å². The van der Waals surface area contributed by atoms with E-state index in [-0.39, 0.29) is 5.97 Å². The van der Waals surface area contributed by atoms with E-state index in [1.165, 1.54) is 24.2 Å². The highest BCUT2D eigenvalue weighted by Crippen LogP contribution is 2.45. The fourth-order valence-electron chi connectivity index (χ4n) is 1.57. The highest BCUT2D eigenvalue weighted by molar-refractivity contribution is 7.12. The van der Waals surface area contributed by atoms with Gasteiger partial charge in [0.15, 0.2) is 0 Å². The van der Waals surface area contributed by atoms with E-state index in [0.717, 1.165) is 5.56 Å². The maximum Gasteiger partial charge on any atom is 0.350 e. The van der Waals surface area contributed by atoms with Gasteiger partial charge in [0.05, 0.1) is 5.69 Å². The summed E-state index contributed by atoms with van der Waals surface area (Å²) in [6, 6.07) is 0. The van der Waals surface area contributed by atoms with Crippen molar-refractivity contribution >= 4 is 23.0 Å². The molecule has 1 aliphatic rings. The molecule has 0 spiro atoms. The van der Waals surface area contributed by atoms with Crippen molar-refractivity contribution in [2.24, 2.45) is 0 Å². The smallest absolute Gasteiger partial charge is 0.350 e. The number of anilines is 1. The Morgan fingerprint density at radius 1 is 1.50 bits per heavy atom. The topological polar surface area (TPSA) is 52.3 Å². The maximum absolute atomic E-state index is 11.8. The summed E-state index contributed by atoms with van der Waals surface area (Å²) in [5.74, 6) is 0.273. The van der Waals surface area contributed by atoms with Crippen molar-refractivity contribution < 1.29 is 9.53 Å². The highest BCUT2D eigenvalue weighted by atomic mass is 32.1. The van der Waals surface area contributed by atoms with Gasteiger partial charge >= 0.3 is 5.97 Å². The Labute approximate surface area is 99.6 Å². The lowest BCUT2D eigenvalue weighted by atomic mass is 10.1. The molecule has 1 heterocycles. The Balaban J connectivity index is 2.17. The van der Waals surface area contributed by atoms with Crippen LogP contribution in [0.4, 0.5) is 5.69 Å². The van der Waals surface area contributed by atoms with Gasteiger partial charge < -0.3 is 10.5 Å². The summed E-state index contributed by atoms with van der Waals surface area (Å²) in [6.45, 7) is 5.57. The van der Waals surface area contributed by atoms with E-state index in [2.05, 4.69) is 0 Å². The van der Waals surface area contributed by atoms with Gasteiger partial charge in [-0.1, -0.05) is 0 Å². The van der Waals surface area contributed by atoms with Crippen LogP contribution in [0.1, 0.15) is 54.8 Å². The van der Waals surface area contributed by atoms with Crippen LogP contribution in [0.15, 0.2) is 5.38 Å². The minimum absolute atomic E-state index is 0.304. The lowest BCUT2D eigenvalue weighted by Gasteiger charge is -2.19. The standard InChI is InChI=1S/C12H17NO2S/c1-12(2,3)15-11(14)10-9(13)8(6-16-10)7-4-5-7/h6-7H,4-5,13H2,1-3H3. The van der Waals surface area contributed by atoms with Crippen LogP contribution >= 0.6 is 11.3 Å². The number of nitrogens with two attached hydrogens (primary N) is 1. The molecule has 1 aromatic rings. The SMILES string of the molecule is CC(C)(C)OC(=O)c1scc(C2CC2)c1N. The molecular weight excluding hydrogens is 222 g/mol. The van der Waals surface area contributed by atoms with E-state index in [1.54, 1.807) is 0 Å². The average Bonchev–Trinajstić information content (AvgIpc) is 2.87. The summed E-state index contributed by atoms with van der Waals surface area (Å²) in [6.07, 6.45) is 2.38. The summed E-state index contributed by atoms with van der Waals surface area (Å²) in [5.41, 5.74) is 7.27. The monoisotopic (exact) mass is 239 g/mol. The first-order valence-electron chi connectivity index (χ1n) is 5.48. The first-order valence-corrected chi connectivity index (χ1v) is 6.36. The zero-order valence-corrected chi connectivity index (χ0v) is 10.7. The maximum atomic E-state index is 11.8. The Kier molecular flexibility index (Phi) is 2.70. The van der Waals surface area contributed by atoms with E-state index in [0.29, 0.717) is 16.5 Å². The van der Waals surface area contributed by atoms with Crippen molar-refractivity contribution in [2.75, 3.05) is 5.73 Å². The average molecular weight is 239 g/mol. The molecule has 0 saturated heterocycles. The Morgan fingerprint density at radius 3 is 2.62 bits per heavy atom. The van der Waals surface area contributed by atoms with Crippen LogP contribution in [-0.4, -0.2) is 11.6 Å². The fraction of sp³-hybridized carbons (Fsp3) is 0.583. The molecule has 1 aromatic heterocycles. The molecule has 2 N–H and O–H groups in total. The predicted molar refractivity (Wildman–Crippen MR) is 65.9 cm³/mol. The number of hydrogen-bond acceptors (Lipinski definition) is 4. The Bertz CT molecular complexity index is 413. The molecule has 3 nitrogen and oxygen atoms in total. The molecule has 0 aliphatic heterocycles. The van der Waals surface area contributed by atoms with Gasteiger partial charge in [0.1, 0.15) is 10.5 Å². The van der Waals surface area contributed by atoms with Crippen molar-refractivity contribution in [1.29, 1.82) is 0 Å². The number of hydrogen-bond donors (Lipinski definition) is 1. The summed E-state index contributed by atoms with van der Waals surface area (Å²) >= 11 is 1.39. The number of nitrogen functional groups attached to an aromatic ring is 1. The van der Waals surface area contributed by atoms with Gasteiger partial charge in [-0.2, -0.15) is 0 Å². The van der Waals surface area contributed by atoms with Crippen molar-refractivity contribution in [3.8, 4) is 0 Å². The molecule has 0 atom stereocenters. The van der Waals surface area contributed by atoms with Crippen LogP contribution in [0.25, 0.3) is 0 Å². The molecule has 2 rings (SSSR count). The molecule has 1 aliphatic carbocycles. The molecule has 4 heteroatoms. The molecule has 0 radical (unpaired) electrons. The first kappa shape index (κ1) is 11.5. The molecular formula is C12H17NO2S. The van der Waals surface area contributed by atoms with Crippen molar-refractivity contribution in [2.45, 2.75) is 45.1 Å². The number of carbonyl (C=O) groups excluding carboxylic acids is 1. The molecule has 0 unspecified atom stereocenters. The van der Waals surface area contributed by atoms with Crippen LogP contribution < -0.4 is 5.73 Å². The second-order valence-corrected chi connectivity index (χ2v) is 6.09. The van der Waals surface area contributed by atoms with Crippen LogP contribution in [-0.2, 0) is 4.74 Å². The third-order valence-corrected chi connectivity index (χ3v) is 3.45. The minimum Gasteiger partial charge on any atom is -0.456 e. The van der Waals surface area contributed by atoms with E-state index < -0.39 is 5.60 Å². The molecule has 0 aromatic carbocycles. The van der Waals surface area contributed by atoms with E-state index >= 15 is 0 Å². The van der Waals surface area contributed by atoms with E-state index in [4.69, 9.17) is 10.5 Å². The zero-order chi connectivity index (χ0) is 11.9. The summed E-state index contributed by atoms with van der Waals surface area (Å²) in [4.78, 5) is 12.4. The number of esters is 1. The Morgan fingerprint density at radius 2 is 2.12 bits per heavy atom. The predicted octanol–water partition coefficient (Wildman–Crippen LogP) is 3.16. The van der Waals surface area contributed by atoms with Crippen LogP contribution in [0.5, 0.6) is 0 Å². The normalized spacial score (nSPS) is 16.2. The second kappa shape index (κ2) is 3.77.